The number of benzene rings is 2. The number of rotatable bonds is 6. The lowest BCUT2D eigenvalue weighted by Gasteiger charge is -2.36. The molecular formula is C23H30N2O2. The summed E-state index contributed by atoms with van der Waals surface area (Å²) in [7, 11) is 0. The van der Waals surface area contributed by atoms with Crippen LogP contribution in [0.15, 0.2) is 54.6 Å². The van der Waals surface area contributed by atoms with Gasteiger partial charge in [0.05, 0.1) is 6.61 Å². The second kappa shape index (κ2) is 9.25. The van der Waals surface area contributed by atoms with Crippen LogP contribution >= 0.6 is 0 Å². The first-order chi connectivity index (χ1) is 13.4. The minimum absolute atomic E-state index is 0.696. The first kappa shape index (κ1) is 18.3. The third-order valence-corrected chi connectivity index (χ3v) is 5.67. The van der Waals surface area contributed by atoms with Gasteiger partial charge in [-0.1, -0.05) is 36.4 Å². The van der Waals surface area contributed by atoms with Gasteiger partial charge in [0.15, 0.2) is 0 Å². The molecule has 1 unspecified atom stereocenters. The van der Waals surface area contributed by atoms with E-state index in [9.17, 15) is 0 Å². The van der Waals surface area contributed by atoms with Crippen molar-refractivity contribution in [3.8, 4) is 11.5 Å². The predicted octanol–water partition coefficient (Wildman–Crippen LogP) is 3.32. The number of nitrogens with zero attached hydrogens (tertiary/aromatic N) is 2. The Morgan fingerprint density at radius 2 is 1.63 bits per heavy atom. The zero-order valence-corrected chi connectivity index (χ0v) is 16.1. The average Bonchev–Trinajstić information content (AvgIpc) is 2.92. The molecule has 2 aromatic rings. The number of hydrogen-bond acceptors (Lipinski definition) is 4. The van der Waals surface area contributed by atoms with E-state index in [0.29, 0.717) is 5.92 Å². The smallest absolute Gasteiger partial charge is 0.122 e. The van der Waals surface area contributed by atoms with Crippen LogP contribution in [0.3, 0.4) is 0 Å². The van der Waals surface area contributed by atoms with E-state index < -0.39 is 0 Å². The van der Waals surface area contributed by atoms with Crippen molar-refractivity contribution >= 4 is 0 Å². The number of ether oxygens (including phenoxy) is 2. The second-order valence-electron chi connectivity index (χ2n) is 7.62. The molecule has 4 nitrogen and oxygen atoms in total. The molecule has 2 aliphatic heterocycles. The SMILES string of the molecule is c1ccc(OCCN2CCN(CC3CCOc4ccccc4C3)CC2)cc1. The van der Waals surface area contributed by atoms with Gasteiger partial charge in [-0.25, -0.2) is 0 Å². The van der Waals surface area contributed by atoms with Crippen LogP contribution in [-0.2, 0) is 6.42 Å². The Morgan fingerprint density at radius 3 is 2.48 bits per heavy atom. The normalized spacial score (nSPS) is 21.1. The van der Waals surface area contributed by atoms with E-state index in [1.807, 2.05) is 30.3 Å². The van der Waals surface area contributed by atoms with Gasteiger partial charge >= 0.3 is 0 Å². The maximum atomic E-state index is 5.93. The lowest BCUT2D eigenvalue weighted by molar-refractivity contribution is 0.102. The van der Waals surface area contributed by atoms with Crippen LogP contribution in [0.2, 0.25) is 0 Å². The Balaban J connectivity index is 1.18. The van der Waals surface area contributed by atoms with Crippen molar-refractivity contribution in [2.75, 3.05) is 52.5 Å². The fourth-order valence-corrected chi connectivity index (χ4v) is 4.09. The zero-order chi connectivity index (χ0) is 18.3. The van der Waals surface area contributed by atoms with Crippen LogP contribution in [-0.4, -0.2) is 62.3 Å². The van der Waals surface area contributed by atoms with Crippen molar-refractivity contribution in [3.05, 3.63) is 60.2 Å². The summed E-state index contributed by atoms with van der Waals surface area (Å²) in [5.74, 6) is 2.75. The molecular weight excluding hydrogens is 336 g/mol. The highest BCUT2D eigenvalue weighted by Gasteiger charge is 2.23. The van der Waals surface area contributed by atoms with Crippen molar-refractivity contribution in [1.29, 1.82) is 0 Å². The summed E-state index contributed by atoms with van der Waals surface area (Å²) in [5.41, 5.74) is 1.37. The fourth-order valence-electron chi connectivity index (χ4n) is 4.09. The summed E-state index contributed by atoms with van der Waals surface area (Å²) in [6, 6.07) is 18.6. The number of fused-ring (bicyclic) bond motifs is 1. The third kappa shape index (κ3) is 5.24. The molecule has 27 heavy (non-hydrogen) atoms. The Kier molecular flexibility index (Phi) is 6.28. The molecule has 4 heteroatoms. The van der Waals surface area contributed by atoms with E-state index in [4.69, 9.17) is 9.47 Å². The first-order valence-corrected chi connectivity index (χ1v) is 10.2. The summed E-state index contributed by atoms with van der Waals surface area (Å²) < 4.78 is 11.8. The molecule has 2 aliphatic rings. The van der Waals surface area contributed by atoms with Crippen molar-refractivity contribution in [2.45, 2.75) is 12.8 Å². The minimum Gasteiger partial charge on any atom is -0.493 e. The van der Waals surface area contributed by atoms with Crippen LogP contribution in [0.4, 0.5) is 0 Å². The van der Waals surface area contributed by atoms with Crippen molar-refractivity contribution in [1.82, 2.24) is 9.80 Å². The Morgan fingerprint density at radius 1 is 0.889 bits per heavy atom. The molecule has 1 fully saturated rings. The summed E-state index contributed by atoms with van der Waals surface area (Å²) in [5, 5.41) is 0. The van der Waals surface area contributed by atoms with E-state index in [0.717, 1.165) is 70.3 Å². The Labute approximate surface area is 162 Å². The maximum Gasteiger partial charge on any atom is 0.122 e. The van der Waals surface area contributed by atoms with Gasteiger partial charge in [-0.15, -0.1) is 0 Å². The summed E-state index contributed by atoms with van der Waals surface area (Å²) in [6.07, 6.45) is 2.29. The van der Waals surface area contributed by atoms with E-state index in [1.54, 1.807) is 0 Å². The fraction of sp³-hybridized carbons (Fsp3) is 0.478. The molecule has 4 rings (SSSR count). The molecule has 2 aromatic carbocycles. The zero-order valence-electron chi connectivity index (χ0n) is 16.1. The van der Waals surface area contributed by atoms with Gasteiger partial charge in [0.1, 0.15) is 18.1 Å². The molecule has 0 spiro atoms. The second-order valence-corrected chi connectivity index (χ2v) is 7.62. The molecule has 144 valence electrons. The largest absolute Gasteiger partial charge is 0.493 e. The van der Waals surface area contributed by atoms with Gasteiger partial charge in [-0.2, -0.15) is 0 Å². The van der Waals surface area contributed by atoms with E-state index in [2.05, 4.69) is 34.1 Å². The lowest BCUT2D eigenvalue weighted by atomic mass is 9.96. The molecule has 2 heterocycles. The molecule has 0 amide bonds. The summed E-state index contributed by atoms with van der Waals surface area (Å²) in [4.78, 5) is 5.15. The van der Waals surface area contributed by atoms with E-state index in [1.165, 1.54) is 12.1 Å². The maximum absolute atomic E-state index is 5.93. The highest BCUT2D eigenvalue weighted by molar-refractivity contribution is 5.34. The van der Waals surface area contributed by atoms with Crippen molar-refractivity contribution in [3.63, 3.8) is 0 Å². The van der Waals surface area contributed by atoms with Crippen molar-refractivity contribution in [2.24, 2.45) is 5.92 Å². The summed E-state index contributed by atoms with van der Waals surface area (Å²) in [6.45, 7) is 8.39. The van der Waals surface area contributed by atoms with Gasteiger partial charge in [-0.3, -0.25) is 4.90 Å². The van der Waals surface area contributed by atoms with E-state index >= 15 is 0 Å². The van der Waals surface area contributed by atoms with Gasteiger partial charge in [-0.05, 0) is 42.5 Å². The van der Waals surface area contributed by atoms with Gasteiger partial charge in [0.25, 0.3) is 0 Å². The Hall–Kier alpha value is -2.04. The Bertz CT molecular complexity index is 699. The molecule has 0 N–H and O–H groups in total. The molecule has 1 atom stereocenters. The molecule has 0 aliphatic carbocycles. The summed E-state index contributed by atoms with van der Waals surface area (Å²) >= 11 is 0. The van der Waals surface area contributed by atoms with Crippen LogP contribution in [0.25, 0.3) is 0 Å². The van der Waals surface area contributed by atoms with Gasteiger partial charge in [0, 0.05) is 39.3 Å². The van der Waals surface area contributed by atoms with Crippen LogP contribution < -0.4 is 9.47 Å². The standard InChI is InChI=1S/C23H30N2O2/c1-2-7-22(8-3-1)26-17-15-24-11-13-25(14-12-24)19-20-10-16-27-23-9-5-4-6-21(23)18-20/h1-9,20H,10-19H2. The number of para-hydroxylation sites is 2. The average molecular weight is 367 g/mol. The predicted molar refractivity (Wildman–Crippen MR) is 109 cm³/mol. The number of hydrogen-bond donors (Lipinski definition) is 0. The van der Waals surface area contributed by atoms with Crippen LogP contribution in [0.5, 0.6) is 11.5 Å². The minimum atomic E-state index is 0.696. The third-order valence-electron chi connectivity index (χ3n) is 5.67. The van der Waals surface area contributed by atoms with Crippen LogP contribution in [0.1, 0.15) is 12.0 Å². The molecule has 0 aromatic heterocycles. The van der Waals surface area contributed by atoms with Crippen molar-refractivity contribution < 1.29 is 9.47 Å². The quantitative estimate of drug-likeness (QED) is 0.783. The van der Waals surface area contributed by atoms with Gasteiger partial charge in [0.2, 0.25) is 0 Å². The van der Waals surface area contributed by atoms with Gasteiger partial charge < -0.3 is 14.4 Å². The van der Waals surface area contributed by atoms with E-state index in [-0.39, 0.29) is 0 Å². The lowest BCUT2D eigenvalue weighted by Crippen LogP contribution is -2.48. The highest BCUT2D eigenvalue weighted by atomic mass is 16.5. The van der Waals surface area contributed by atoms with Crippen LogP contribution in [0, 0.1) is 5.92 Å². The number of piperazine rings is 1. The molecule has 0 saturated carbocycles. The first-order valence-electron chi connectivity index (χ1n) is 10.2. The monoisotopic (exact) mass is 366 g/mol. The molecule has 1 saturated heterocycles. The highest BCUT2D eigenvalue weighted by Crippen LogP contribution is 2.27. The molecule has 0 bridgehead atoms. The topological polar surface area (TPSA) is 24.9 Å². The molecule has 0 radical (unpaired) electrons.